The number of rotatable bonds is 12. The van der Waals surface area contributed by atoms with E-state index in [9.17, 15) is 19.8 Å². The first-order chi connectivity index (χ1) is 17.0. The third-order valence-corrected chi connectivity index (χ3v) is 8.20. The second kappa shape index (κ2) is 12.6. The summed E-state index contributed by atoms with van der Waals surface area (Å²) in [5, 5.41) is 18.8. The van der Waals surface area contributed by atoms with Crippen LogP contribution in [-0.2, 0) is 19.1 Å². The minimum atomic E-state index is -0.741. The summed E-state index contributed by atoms with van der Waals surface area (Å²) in [6.45, 7) is 7.17. The monoisotopic (exact) mass is 502 g/mol. The molecule has 202 valence electrons. The molecule has 36 heavy (non-hydrogen) atoms. The molecule has 1 aromatic rings. The minimum Gasteiger partial charge on any atom is -0.481 e. The second-order valence-corrected chi connectivity index (χ2v) is 12.1. The van der Waals surface area contributed by atoms with Gasteiger partial charge in [-0.1, -0.05) is 24.3 Å². The molecule has 2 N–H and O–H groups in total. The van der Waals surface area contributed by atoms with Gasteiger partial charge in [0.1, 0.15) is 0 Å². The Kier molecular flexibility index (Phi) is 9.99. The van der Waals surface area contributed by atoms with Crippen molar-refractivity contribution in [3.8, 4) is 0 Å². The Morgan fingerprint density at radius 2 is 1.14 bits per heavy atom. The van der Waals surface area contributed by atoms with Crippen molar-refractivity contribution >= 4 is 11.9 Å². The van der Waals surface area contributed by atoms with Crippen molar-refractivity contribution in [3.63, 3.8) is 0 Å². The third kappa shape index (κ3) is 7.79. The van der Waals surface area contributed by atoms with Crippen LogP contribution in [0.4, 0.5) is 0 Å². The quantitative estimate of drug-likeness (QED) is 0.308. The van der Waals surface area contributed by atoms with Crippen molar-refractivity contribution in [2.45, 2.75) is 129 Å². The molecule has 0 bridgehead atoms. The zero-order valence-electron chi connectivity index (χ0n) is 22.6. The molecule has 0 radical (unpaired) electrons. The third-order valence-electron chi connectivity index (χ3n) is 8.20. The lowest BCUT2D eigenvalue weighted by molar-refractivity contribution is -0.148. The number of carbonyl (C=O) groups is 2. The smallest absolute Gasteiger partial charge is 0.309 e. The highest BCUT2D eigenvalue weighted by Gasteiger charge is 2.32. The Morgan fingerprint density at radius 1 is 0.750 bits per heavy atom. The first kappa shape index (κ1) is 28.6. The number of ether oxygens (including phenoxy) is 2. The molecule has 0 aromatic heterocycles. The predicted octanol–water partition coefficient (Wildman–Crippen LogP) is 7.47. The van der Waals surface area contributed by atoms with E-state index in [1.54, 1.807) is 27.7 Å². The molecular weight excluding hydrogens is 456 g/mol. The molecular formula is C30H46O6. The lowest BCUT2D eigenvalue weighted by Crippen LogP contribution is -2.28. The number of hydrogen-bond donors (Lipinski definition) is 2. The maximum absolute atomic E-state index is 11.4. The minimum absolute atomic E-state index is 0.0489. The summed E-state index contributed by atoms with van der Waals surface area (Å²) < 4.78 is 13.1. The van der Waals surface area contributed by atoms with E-state index in [1.807, 2.05) is 0 Å². The molecule has 3 rings (SSSR count). The highest BCUT2D eigenvalue weighted by Crippen LogP contribution is 2.41. The maximum Gasteiger partial charge on any atom is 0.309 e. The Morgan fingerprint density at radius 3 is 1.50 bits per heavy atom. The van der Waals surface area contributed by atoms with E-state index < -0.39 is 22.8 Å². The molecule has 0 aliphatic carbocycles. The molecule has 4 unspecified atom stereocenters. The van der Waals surface area contributed by atoms with E-state index in [2.05, 4.69) is 24.3 Å². The molecule has 0 saturated carbocycles. The van der Waals surface area contributed by atoms with Crippen molar-refractivity contribution in [2.24, 2.45) is 10.8 Å². The van der Waals surface area contributed by atoms with Crippen molar-refractivity contribution in [1.29, 1.82) is 0 Å². The van der Waals surface area contributed by atoms with Gasteiger partial charge in [0, 0.05) is 0 Å². The van der Waals surface area contributed by atoms with Crippen LogP contribution in [0.2, 0.25) is 0 Å². The lowest BCUT2D eigenvalue weighted by atomic mass is 9.85. The van der Waals surface area contributed by atoms with Gasteiger partial charge in [0.05, 0.1) is 35.2 Å². The van der Waals surface area contributed by atoms with Crippen LogP contribution in [0.5, 0.6) is 0 Å². The molecule has 6 heteroatoms. The summed E-state index contributed by atoms with van der Waals surface area (Å²) in [5.41, 5.74) is 1.06. The Labute approximate surface area is 216 Å². The molecule has 2 heterocycles. The zero-order valence-corrected chi connectivity index (χ0v) is 22.6. The first-order valence-electron chi connectivity index (χ1n) is 13.9. The summed E-state index contributed by atoms with van der Waals surface area (Å²) in [4.78, 5) is 22.8. The van der Waals surface area contributed by atoms with Gasteiger partial charge in [-0.3, -0.25) is 9.59 Å². The Bertz CT molecular complexity index is 805. The van der Waals surface area contributed by atoms with E-state index in [0.717, 1.165) is 64.2 Å². The summed E-state index contributed by atoms with van der Waals surface area (Å²) in [5.74, 6) is -1.48. The van der Waals surface area contributed by atoms with Gasteiger partial charge in [-0.25, -0.2) is 0 Å². The van der Waals surface area contributed by atoms with E-state index in [1.165, 1.54) is 11.1 Å². The van der Waals surface area contributed by atoms with Gasteiger partial charge in [0.25, 0.3) is 0 Å². The van der Waals surface area contributed by atoms with E-state index in [-0.39, 0.29) is 24.4 Å². The van der Waals surface area contributed by atoms with Crippen LogP contribution in [0.1, 0.15) is 128 Å². The normalized spacial score (nSPS) is 25.4. The van der Waals surface area contributed by atoms with Crippen LogP contribution in [0, 0.1) is 10.8 Å². The summed E-state index contributed by atoms with van der Waals surface area (Å²) in [6.07, 6.45) is 11.5. The standard InChI is InChI=1S/C30H46O6/c1-29(2,27(31)32)19-9-13-21-11-7-17-25(35-21)23-15-5-6-16-24(23)26-18-8-12-22(36-26)14-10-20-30(3,4)28(33)34/h5-6,15-16,21-22,25-26H,7-14,17-20H2,1-4H3,(H,31,32)(H,33,34). The van der Waals surface area contributed by atoms with Crippen LogP contribution in [-0.4, -0.2) is 34.4 Å². The van der Waals surface area contributed by atoms with Gasteiger partial charge < -0.3 is 19.7 Å². The Balaban J connectivity index is 1.58. The number of aliphatic carboxylic acids is 2. The molecule has 2 aliphatic heterocycles. The summed E-state index contributed by atoms with van der Waals surface area (Å²) >= 11 is 0. The molecule has 0 amide bonds. The largest absolute Gasteiger partial charge is 0.481 e. The van der Waals surface area contributed by atoms with E-state index in [0.29, 0.717) is 12.8 Å². The van der Waals surface area contributed by atoms with E-state index >= 15 is 0 Å². The molecule has 2 fully saturated rings. The van der Waals surface area contributed by atoms with Gasteiger partial charge in [0.2, 0.25) is 0 Å². The number of carboxylic acids is 2. The maximum atomic E-state index is 11.4. The van der Waals surface area contributed by atoms with Gasteiger partial charge in [-0.05, 0) is 116 Å². The van der Waals surface area contributed by atoms with Crippen molar-refractivity contribution < 1.29 is 29.3 Å². The lowest BCUT2D eigenvalue weighted by Gasteiger charge is -2.35. The number of benzene rings is 1. The van der Waals surface area contributed by atoms with Crippen LogP contribution in [0.15, 0.2) is 24.3 Å². The first-order valence-corrected chi connectivity index (χ1v) is 13.9. The molecule has 2 aliphatic rings. The topological polar surface area (TPSA) is 93.1 Å². The van der Waals surface area contributed by atoms with Crippen LogP contribution >= 0.6 is 0 Å². The van der Waals surface area contributed by atoms with Gasteiger partial charge >= 0.3 is 11.9 Å². The van der Waals surface area contributed by atoms with Crippen molar-refractivity contribution in [2.75, 3.05) is 0 Å². The number of hydrogen-bond acceptors (Lipinski definition) is 4. The van der Waals surface area contributed by atoms with Gasteiger partial charge in [0.15, 0.2) is 0 Å². The molecule has 6 nitrogen and oxygen atoms in total. The molecule has 2 saturated heterocycles. The van der Waals surface area contributed by atoms with Gasteiger partial charge in [-0.2, -0.15) is 0 Å². The predicted molar refractivity (Wildman–Crippen MR) is 140 cm³/mol. The average Bonchev–Trinajstić information content (AvgIpc) is 2.84. The highest BCUT2D eigenvalue weighted by atomic mass is 16.5. The Hall–Kier alpha value is -1.92. The molecule has 0 spiro atoms. The van der Waals surface area contributed by atoms with Crippen LogP contribution in [0.25, 0.3) is 0 Å². The zero-order chi connectivity index (χ0) is 26.3. The molecule has 1 aromatic carbocycles. The fourth-order valence-corrected chi connectivity index (χ4v) is 5.54. The second-order valence-electron chi connectivity index (χ2n) is 12.1. The van der Waals surface area contributed by atoms with Crippen molar-refractivity contribution in [3.05, 3.63) is 35.4 Å². The van der Waals surface area contributed by atoms with Crippen molar-refractivity contribution in [1.82, 2.24) is 0 Å². The fraction of sp³-hybridized carbons (Fsp3) is 0.733. The molecule has 4 atom stereocenters. The average molecular weight is 503 g/mol. The van der Waals surface area contributed by atoms with Crippen LogP contribution in [0.3, 0.4) is 0 Å². The van der Waals surface area contributed by atoms with Gasteiger partial charge in [-0.15, -0.1) is 0 Å². The highest BCUT2D eigenvalue weighted by molar-refractivity contribution is 5.73. The number of carboxylic acid groups (broad SMARTS) is 2. The van der Waals surface area contributed by atoms with E-state index in [4.69, 9.17) is 9.47 Å². The fourth-order valence-electron chi connectivity index (χ4n) is 5.54. The van der Waals surface area contributed by atoms with Crippen LogP contribution < -0.4 is 0 Å². The summed E-state index contributed by atoms with van der Waals surface area (Å²) in [7, 11) is 0. The SMILES string of the molecule is CC(C)(CCCC1CCCC(c2ccccc2C2CCCC(CCCC(C)(C)C(=O)O)O2)O1)C(=O)O. The summed E-state index contributed by atoms with van der Waals surface area (Å²) in [6, 6.07) is 8.52.